The zero-order valence-electron chi connectivity index (χ0n) is 14.0. The van der Waals surface area contributed by atoms with Crippen LogP contribution in [0, 0.1) is 0 Å². The highest BCUT2D eigenvalue weighted by Crippen LogP contribution is 2.31. The van der Waals surface area contributed by atoms with E-state index < -0.39 is 0 Å². The van der Waals surface area contributed by atoms with Crippen molar-refractivity contribution < 1.29 is 13.9 Å². The van der Waals surface area contributed by atoms with Crippen LogP contribution in [0.25, 0.3) is 11.5 Å². The molecule has 0 saturated carbocycles. The van der Waals surface area contributed by atoms with Gasteiger partial charge in [0.05, 0.1) is 20.8 Å². The second-order valence-electron chi connectivity index (χ2n) is 5.30. The van der Waals surface area contributed by atoms with Crippen LogP contribution >= 0.6 is 11.6 Å². The molecule has 1 aromatic heterocycles. The molecular weight excluding hydrogens is 342 g/mol. The molecule has 0 amide bonds. The molecule has 2 aromatic carbocycles. The zero-order chi connectivity index (χ0) is 17.6. The van der Waals surface area contributed by atoms with E-state index in [4.69, 9.17) is 25.5 Å². The van der Waals surface area contributed by atoms with Crippen LogP contribution < -0.4 is 14.8 Å². The Labute approximate surface area is 150 Å². The maximum absolute atomic E-state index is 5.87. The predicted molar refractivity (Wildman–Crippen MR) is 94.8 cm³/mol. The minimum atomic E-state index is 0.434. The summed E-state index contributed by atoms with van der Waals surface area (Å²) in [4.78, 5) is 0. The Morgan fingerprint density at radius 1 is 0.960 bits per heavy atom. The van der Waals surface area contributed by atoms with Crippen molar-refractivity contribution in [1.82, 2.24) is 15.5 Å². The molecule has 0 saturated heterocycles. The summed E-state index contributed by atoms with van der Waals surface area (Å²) in [7, 11) is 3.18. The number of benzene rings is 2. The third kappa shape index (κ3) is 4.29. The number of ether oxygens (including phenoxy) is 2. The molecule has 0 aliphatic carbocycles. The van der Waals surface area contributed by atoms with Gasteiger partial charge in [-0.3, -0.25) is 0 Å². The van der Waals surface area contributed by atoms with E-state index in [1.807, 2.05) is 30.3 Å². The van der Waals surface area contributed by atoms with Gasteiger partial charge in [0.2, 0.25) is 11.8 Å². The molecule has 0 bridgehead atoms. The van der Waals surface area contributed by atoms with Gasteiger partial charge in [0.25, 0.3) is 0 Å². The van der Waals surface area contributed by atoms with Gasteiger partial charge in [-0.1, -0.05) is 23.7 Å². The number of nitrogens with zero attached hydrogens (tertiary/aromatic N) is 2. The summed E-state index contributed by atoms with van der Waals surface area (Å²) in [6.07, 6.45) is 0. The van der Waals surface area contributed by atoms with Gasteiger partial charge < -0.3 is 19.2 Å². The molecule has 0 fully saturated rings. The first-order valence-electron chi connectivity index (χ1n) is 7.69. The summed E-state index contributed by atoms with van der Waals surface area (Å²) in [5.41, 5.74) is 1.90. The van der Waals surface area contributed by atoms with Crippen molar-refractivity contribution in [2.75, 3.05) is 14.2 Å². The molecule has 0 unspecified atom stereocenters. The van der Waals surface area contributed by atoms with E-state index in [9.17, 15) is 0 Å². The summed E-state index contributed by atoms with van der Waals surface area (Å²) in [6, 6.07) is 13.1. The molecule has 0 spiro atoms. The van der Waals surface area contributed by atoms with E-state index in [-0.39, 0.29) is 0 Å². The van der Waals surface area contributed by atoms with Gasteiger partial charge in [-0.25, -0.2) is 0 Å². The Morgan fingerprint density at radius 3 is 2.44 bits per heavy atom. The molecule has 6 nitrogen and oxygen atoms in total. The molecule has 0 atom stereocenters. The monoisotopic (exact) mass is 359 g/mol. The molecule has 3 aromatic rings. The van der Waals surface area contributed by atoms with E-state index in [0.717, 1.165) is 16.1 Å². The van der Waals surface area contributed by atoms with Crippen molar-refractivity contribution >= 4 is 11.6 Å². The number of rotatable bonds is 7. The van der Waals surface area contributed by atoms with Crippen molar-refractivity contribution in [3.8, 4) is 23.0 Å². The van der Waals surface area contributed by atoms with Gasteiger partial charge in [-0.2, -0.15) is 0 Å². The molecular formula is C18H18ClN3O3. The fraction of sp³-hybridized carbons (Fsp3) is 0.222. The Kier molecular flexibility index (Phi) is 5.53. The van der Waals surface area contributed by atoms with Crippen LogP contribution in [-0.2, 0) is 13.1 Å². The SMILES string of the molecule is COc1ccc(-c2nnc(CNCc3ccc(Cl)cc3)o2)cc1OC. The van der Waals surface area contributed by atoms with Crippen molar-refractivity contribution in [3.05, 3.63) is 58.9 Å². The molecule has 0 radical (unpaired) electrons. The van der Waals surface area contributed by atoms with Gasteiger partial charge in [-0.05, 0) is 35.9 Å². The quantitative estimate of drug-likeness (QED) is 0.693. The van der Waals surface area contributed by atoms with Gasteiger partial charge in [-0.15, -0.1) is 10.2 Å². The predicted octanol–water partition coefficient (Wildman–Crippen LogP) is 3.70. The lowest BCUT2D eigenvalue weighted by Crippen LogP contribution is -2.12. The van der Waals surface area contributed by atoms with Crippen molar-refractivity contribution in [3.63, 3.8) is 0 Å². The third-order valence-corrected chi connectivity index (χ3v) is 3.87. The van der Waals surface area contributed by atoms with Crippen molar-refractivity contribution in [2.24, 2.45) is 0 Å². The highest BCUT2D eigenvalue weighted by Gasteiger charge is 2.12. The van der Waals surface area contributed by atoms with Crippen LogP contribution in [0.1, 0.15) is 11.5 Å². The fourth-order valence-electron chi connectivity index (χ4n) is 2.33. The van der Waals surface area contributed by atoms with Crippen molar-refractivity contribution in [1.29, 1.82) is 0 Å². The average molecular weight is 360 g/mol. The molecule has 0 aliphatic heterocycles. The maximum Gasteiger partial charge on any atom is 0.247 e. The lowest BCUT2D eigenvalue weighted by atomic mass is 10.2. The summed E-state index contributed by atoms with van der Waals surface area (Å²) < 4.78 is 16.2. The van der Waals surface area contributed by atoms with Gasteiger partial charge in [0.15, 0.2) is 11.5 Å². The van der Waals surface area contributed by atoms with Crippen LogP contribution in [-0.4, -0.2) is 24.4 Å². The number of methoxy groups -OCH3 is 2. The number of nitrogens with one attached hydrogen (secondary N) is 1. The minimum absolute atomic E-state index is 0.434. The summed E-state index contributed by atoms with van der Waals surface area (Å²) in [5.74, 6) is 2.21. The van der Waals surface area contributed by atoms with Gasteiger partial charge in [0, 0.05) is 17.1 Å². The number of hydrogen-bond acceptors (Lipinski definition) is 6. The summed E-state index contributed by atoms with van der Waals surface area (Å²) in [6.45, 7) is 1.16. The maximum atomic E-state index is 5.87. The number of hydrogen-bond donors (Lipinski definition) is 1. The lowest BCUT2D eigenvalue weighted by molar-refractivity contribution is 0.355. The van der Waals surface area contributed by atoms with E-state index in [0.29, 0.717) is 36.4 Å². The average Bonchev–Trinajstić information content (AvgIpc) is 3.11. The Morgan fingerprint density at radius 2 is 1.72 bits per heavy atom. The molecule has 1 heterocycles. The second-order valence-corrected chi connectivity index (χ2v) is 5.74. The third-order valence-electron chi connectivity index (χ3n) is 3.62. The van der Waals surface area contributed by atoms with E-state index in [1.165, 1.54) is 0 Å². The Bertz CT molecular complexity index is 834. The van der Waals surface area contributed by atoms with Crippen molar-refractivity contribution in [2.45, 2.75) is 13.1 Å². The Balaban J connectivity index is 1.63. The Hall–Kier alpha value is -2.57. The first-order chi connectivity index (χ1) is 12.2. The van der Waals surface area contributed by atoms with Gasteiger partial charge >= 0.3 is 0 Å². The van der Waals surface area contributed by atoms with Crippen LogP contribution in [0.3, 0.4) is 0 Å². The highest BCUT2D eigenvalue weighted by atomic mass is 35.5. The van der Waals surface area contributed by atoms with Gasteiger partial charge in [0.1, 0.15) is 0 Å². The highest BCUT2D eigenvalue weighted by molar-refractivity contribution is 6.30. The summed E-state index contributed by atoms with van der Waals surface area (Å²) in [5, 5.41) is 12.1. The smallest absolute Gasteiger partial charge is 0.247 e. The molecule has 0 aliphatic rings. The zero-order valence-corrected chi connectivity index (χ0v) is 14.7. The minimum Gasteiger partial charge on any atom is -0.493 e. The van der Waals surface area contributed by atoms with Crippen LogP contribution in [0.15, 0.2) is 46.9 Å². The molecule has 25 heavy (non-hydrogen) atoms. The first-order valence-corrected chi connectivity index (χ1v) is 8.07. The number of halogens is 1. The van der Waals surface area contributed by atoms with Crippen LogP contribution in [0.2, 0.25) is 5.02 Å². The standard InChI is InChI=1S/C18H18ClN3O3/c1-23-15-8-5-13(9-16(15)24-2)18-22-21-17(25-18)11-20-10-12-3-6-14(19)7-4-12/h3-9,20H,10-11H2,1-2H3. The van der Waals surface area contributed by atoms with E-state index >= 15 is 0 Å². The summed E-state index contributed by atoms with van der Waals surface area (Å²) >= 11 is 5.87. The molecule has 3 rings (SSSR count). The fourth-order valence-corrected chi connectivity index (χ4v) is 2.45. The topological polar surface area (TPSA) is 69.4 Å². The normalized spacial score (nSPS) is 10.7. The molecule has 1 N–H and O–H groups in total. The second kappa shape index (κ2) is 8.00. The van der Waals surface area contributed by atoms with E-state index in [1.54, 1.807) is 26.4 Å². The van der Waals surface area contributed by atoms with Crippen LogP contribution in [0.5, 0.6) is 11.5 Å². The molecule has 130 valence electrons. The molecule has 7 heteroatoms. The van der Waals surface area contributed by atoms with E-state index in [2.05, 4.69) is 15.5 Å². The van der Waals surface area contributed by atoms with Crippen LogP contribution in [0.4, 0.5) is 0 Å². The number of aromatic nitrogens is 2. The largest absolute Gasteiger partial charge is 0.493 e. The lowest BCUT2D eigenvalue weighted by Gasteiger charge is -2.07. The first kappa shape index (κ1) is 17.3.